The number of fused-ring (bicyclic) bond motifs is 1. The van der Waals surface area contributed by atoms with E-state index in [0.29, 0.717) is 16.1 Å². The van der Waals surface area contributed by atoms with Crippen LogP contribution in [0.1, 0.15) is 46.1 Å². The van der Waals surface area contributed by atoms with Gasteiger partial charge < -0.3 is 19.9 Å². The summed E-state index contributed by atoms with van der Waals surface area (Å²) in [7, 11) is 1.41. The first-order chi connectivity index (χ1) is 14.9. The average Bonchev–Trinajstić information content (AvgIpc) is 3.12. The minimum absolute atomic E-state index is 0.0286. The first kappa shape index (κ1) is 22.3. The van der Waals surface area contributed by atoms with E-state index in [9.17, 15) is 19.5 Å². The third kappa shape index (κ3) is 5.21. The molecule has 0 spiro atoms. The number of amides is 2. The van der Waals surface area contributed by atoms with Crippen LogP contribution in [0.4, 0.5) is 5.00 Å². The van der Waals surface area contributed by atoms with Gasteiger partial charge >= 0.3 is 17.8 Å². The Balaban J connectivity index is 1.69. The van der Waals surface area contributed by atoms with Gasteiger partial charge in [0.25, 0.3) is 0 Å². The lowest BCUT2D eigenvalue weighted by atomic mass is 9.95. The Kier molecular flexibility index (Phi) is 7.24. The molecule has 1 aromatic carbocycles. The molecular weight excluding hydrogens is 422 g/mol. The van der Waals surface area contributed by atoms with Crippen LogP contribution in [0.3, 0.4) is 0 Å². The molecule has 1 aliphatic carbocycles. The minimum atomic E-state index is -0.983. The maximum atomic E-state index is 12.4. The summed E-state index contributed by atoms with van der Waals surface area (Å²) in [5.41, 5.74) is 3.92. The van der Waals surface area contributed by atoms with Crippen LogP contribution in [-0.2, 0) is 27.2 Å². The topological polar surface area (TPSA) is 126 Å². The number of nitrogens with one attached hydrogen (secondary N) is 2. The molecule has 0 fully saturated rings. The average molecular weight is 445 g/mol. The van der Waals surface area contributed by atoms with Gasteiger partial charge in [0.1, 0.15) is 5.00 Å². The van der Waals surface area contributed by atoms with E-state index >= 15 is 0 Å². The number of methoxy groups -OCH3 is 1. The molecule has 9 nitrogen and oxygen atoms in total. The van der Waals surface area contributed by atoms with Gasteiger partial charge in [0.15, 0.2) is 11.5 Å². The van der Waals surface area contributed by atoms with Crippen molar-refractivity contribution >= 4 is 40.3 Å². The van der Waals surface area contributed by atoms with Gasteiger partial charge in [0, 0.05) is 4.88 Å². The zero-order valence-electron chi connectivity index (χ0n) is 17.2. The number of thiophene rings is 1. The van der Waals surface area contributed by atoms with Crippen molar-refractivity contribution in [2.24, 2.45) is 5.10 Å². The Morgan fingerprint density at radius 3 is 2.74 bits per heavy atom. The molecule has 1 aromatic heterocycles. The summed E-state index contributed by atoms with van der Waals surface area (Å²) >= 11 is 1.30. The number of aromatic hydroxyl groups is 1. The summed E-state index contributed by atoms with van der Waals surface area (Å²) in [5, 5.41) is 16.2. The molecule has 0 aliphatic heterocycles. The fraction of sp³-hybridized carbons (Fsp3) is 0.333. The zero-order valence-corrected chi connectivity index (χ0v) is 18.0. The SMILES string of the molecule is CCOC(=O)c1c(NC(=O)C(=O)N/N=C/c2ccc(O)c(OC)c2)sc2c1CCCC2. The molecule has 31 heavy (non-hydrogen) atoms. The predicted octanol–water partition coefficient (Wildman–Crippen LogP) is 2.61. The number of esters is 1. The highest BCUT2D eigenvalue weighted by Gasteiger charge is 2.28. The van der Waals surface area contributed by atoms with Crippen LogP contribution >= 0.6 is 11.3 Å². The quantitative estimate of drug-likeness (QED) is 0.272. The van der Waals surface area contributed by atoms with Crippen LogP contribution in [0.2, 0.25) is 0 Å². The molecule has 0 saturated heterocycles. The van der Waals surface area contributed by atoms with Gasteiger partial charge in [-0.1, -0.05) is 0 Å². The van der Waals surface area contributed by atoms with Crippen LogP contribution in [0, 0.1) is 0 Å². The molecule has 0 saturated carbocycles. The number of phenolic OH excluding ortho intramolecular Hbond substituents is 1. The Labute approximate surface area is 183 Å². The fourth-order valence-corrected chi connectivity index (χ4v) is 4.50. The fourth-order valence-electron chi connectivity index (χ4n) is 3.22. The van der Waals surface area contributed by atoms with Crippen molar-refractivity contribution in [2.75, 3.05) is 19.0 Å². The van der Waals surface area contributed by atoms with Crippen LogP contribution in [0.5, 0.6) is 11.5 Å². The number of hydrogen-bond acceptors (Lipinski definition) is 8. The van der Waals surface area contributed by atoms with E-state index in [2.05, 4.69) is 15.8 Å². The van der Waals surface area contributed by atoms with Crippen molar-refractivity contribution in [1.29, 1.82) is 0 Å². The van der Waals surface area contributed by atoms with Gasteiger partial charge in [-0.25, -0.2) is 10.2 Å². The highest BCUT2D eigenvalue weighted by Crippen LogP contribution is 2.38. The summed E-state index contributed by atoms with van der Waals surface area (Å²) < 4.78 is 10.1. The number of carbonyl (C=O) groups is 3. The molecule has 1 heterocycles. The Hall–Kier alpha value is -3.40. The first-order valence-corrected chi connectivity index (χ1v) is 10.6. The first-order valence-electron chi connectivity index (χ1n) is 9.77. The van der Waals surface area contributed by atoms with Gasteiger partial charge in [-0.15, -0.1) is 11.3 Å². The van der Waals surface area contributed by atoms with Crippen molar-refractivity contribution < 1.29 is 29.0 Å². The molecule has 0 atom stereocenters. The number of hydrogen-bond donors (Lipinski definition) is 3. The molecule has 2 aromatic rings. The second-order valence-corrected chi connectivity index (χ2v) is 7.83. The van der Waals surface area contributed by atoms with Gasteiger partial charge in [0.2, 0.25) is 0 Å². The number of rotatable bonds is 6. The van der Waals surface area contributed by atoms with Crippen LogP contribution in [-0.4, -0.2) is 42.8 Å². The van der Waals surface area contributed by atoms with E-state index in [-0.39, 0.29) is 18.1 Å². The molecule has 3 N–H and O–H groups in total. The minimum Gasteiger partial charge on any atom is -0.504 e. The van der Waals surface area contributed by atoms with E-state index in [0.717, 1.165) is 36.1 Å². The van der Waals surface area contributed by atoms with Gasteiger partial charge in [-0.2, -0.15) is 5.10 Å². The largest absolute Gasteiger partial charge is 0.504 e. The van der Waals surface area contributed by atoms with Crippen molar-refractivity contribution in [1.82, 2.24) is 5.43 Å². The molecule has 10 heteroatoms. The molecular formula is C21H23N3O6S. The zero-order chi connectivity index (χ0) is 22.4. The Bertz CT molecular complexity index is 1030. The lowest BCUT2D eigenvalue weighted by Crippen LogP contribution is -2.32. The number of carbonyl (C=O) groups excluding carboxylic acids is 3. The number of nitrogens with zero attached hydrogens (tertiary/aromatic N) is 1. The number of benzene rings is 1. The standard InChI is InChI=1S/C21H23N3O6S/c1-3-30-21(28)17-13-6-4-5-7-16(13)31-20(17)23-18(26)19(27)24-22-11-12-8-9-14(25)15(10-12)29-2/h8-11,25H,3-7H2,1-2H3,(H,23,26)(H,24,27)/b22-11+. The summed E-state index contributed by atoms with van der Waals surface area (Å²) in [5.74, 6) is -2.20. The molecule has 3 rings (SSSR count). The smallest absolute Gasteiger partial charge is 0.341 e. The van der Waals surface area contributed by atoms with E-state index in [1.807, 2.05) is 0 Å². The lowest BCUT2D eigenvalue weighted by Gasteiger charge is -2.12. The Morgan fingerprint density at radius 2 is 2.00 bits per heavy atom. The molecule has 2 amide bonds. The third-order valence-electron chi connectivity index (χ3n) is 4.67. The highest BCUT2D eigenvalue weighted by atomic mass is 32.1. The molecule has 0 unspecified atom stereocenters. The summed E-state index contributed by atoms with van der Waals surface area (Å²) in [6.45, 7) is 1.93. The van der Waals surface area contributed by atoms with Gasteiger partial charge in [-0.05, 0) is 61.9 Å². The summed E-state index contributed by atoms with van der Waals surface area (Å²) in [6, 6.07) is 4.51. The van der Waals surface area contributed by atoms with E-state index in [1.165, 1.54) is 36.8 Å². The number of hydrazone groups is 1. The van der Waals surface area contributed by atoms with Gasteiger partial charge in [0.05, 0.1) is 25.5 Å². The van der Waals surface area contributed by atoms with E-state index in [4.69, 9.17) is 9.47 Å². The number of phenols is 1. The number of anilines is 1. The maximum absolute atomic E-state index is 12.4. The van der Waals surface area contributed by atoms with E-state index < -0.39 is 17.8 Å². The molecule has 0 bridgehead atoms. The molecule has 0 radical (unpaired) electrons. The molecule has 1 aliphatic rings. The third-order valence-corrected chi connectivity index (χ3v) is 5.87. The maximum Gasteiger partial charge on any atom is 0.341 e. The number of aryl methyl sites for hydroxylation is 1. The summed E-state index contributed by atoms with van der Waals surface area (Å²) in [6.07, 6.45) is 4.85. The predicted molar refractivity (Wildman–Crippen MR) is 116 cm³/mol. The second kappa shape index (κ2) is 10.1. The summed E-state index contributed by atoms with van der Waals surface area (Å²) in [4.78, 5) is 38.0. The van der Waals surface area contributed by atoms with Crippen molar-refractivity contribution in [3.63, 3.8) is 0 Å². The highest BCUT2D eigenvalue weighted by molar-refractivity contribution is 7.17. The van der Waals surface area contributed by atoms with Crippen molar-refractivity contribution in [2.45, 2.75) is 32.6 Å². The van der Waals surface area contributed by atoms with Crippen molar-refractivity contribution in [3.05, 3.63) is 39.8 Å². The molecule has 164 valence electrons. The lowest BCUT2D eigenvalue weighted by molar-refractivity contribution is -0.136. The normalized spacial score (nSPS) is 12.8. The van der Waals surface area contributed by atoms with Crippen LogP contribution < -0.4 is 15.5 Å². The Morgan fingerprint density at radius 1 is 1.23 bits per heavy atom. The number of ether oxygens (including phenoxy) is 2. The van der Waals surface area contributed by atoms with Crippen LogP contribution in [0.25, 0.3) is 0 Å². The van der Waals surface area contributed by atoms with Gasteiger partial charge in [-0.3, -0.25) is 9.59 Å². The second-order valence-electron chi connectivity index (χ2n) is 6.72. The monoisotopic (exact) mass is 445 g/mol. The van der Waals surface area contributed by atoms with Crippen molar-refractivity contribution in [3.8, 4) is 11.5 Å². The van der Waals surface area contributed by atoms with Crippen LogP contribution in [0.15, 0.2) is 23.3 Å². The van der Waals surface area contributed by atoms with E-state index in [1.54, 1.807) is 13.0 Å².